The first-order valence-corrected chi connectivity index (χ1v) is 14.6. The topological polar surface area (TPSA) is 126 Å². The van der Waals surface area contributed by atoms with Crippen molar-refractivity contribution in [1.29, 1.82) is 0 Å². The second-order valence-electron chi connectivity index (χ2n) is 12.7. The van der Waals surface area contributed by atoms with E-state index in [1.807, 2.05) is 31.7 Å². The fourth-order valence-electron chi connectivity index (χ4n) is 6.33. The molecule has 1 unspecified atom stereocenters. The molecule has 0 spiro atoms. The molecule has 2 bridgehead atoms. The Labute approximate surface area is 245 Å². The second-order valence-corrected chi connectivity index (χ2v) is 12.7. The third-order valence-corrected chi connectivity index (χ3v) is 8.27. The number of ether oxygens (including phenoxy) is 1. The van der Waals surface area contributed by atoms with Crippen molar-refractivity contribution in [2.24, 2.45) is 0 Å². The number of pyridine rings is 1. The number of carbonyl (C=O) groups is 3. The molecule has 3 fully saturated rings. The minimum atomic E-state index is -0.555. The number of piperazine rings is 1. The molecule has 1 N–H and O–H groups in total. The fraction of sp³-hybridized carbons (Fsp3) is 0.533. The number of rotatable bonds is 5. The molecule has 3 amide bonds. The molecule has 2 aliphatic heterocycles. The van der Waals surface area contributed by atoms with Crippen molar-refractivity contribution < 1.29 is 19.1 Å². The van der Waals surface area contributed by atoms with Gasteiger partial charge in [0.1, 0.15) is 22.8 Å². The molecule has 3 aromatic rings. The van der Waals surface area contributed by atoms with Crippen LogP contribution in [0.5, 0.6) is 0 Å². The monoisotopic (exact) mass is 574 g/mol. The van der Waals surface area contributed by atoms with Crippen LogP contribution in [0, 0.1) is 0 Å². The molecular formula is C30H38N8O4. The number of hydrogen-bond acceptors (Lipinski definition) is 8. The molecule has 6 rings (SSSR count). The van der Waals surface area contributed by atoms with Crippen LogP contribution in [0.15, 0.2) is 30.6 Å². The van der Waals surface area contributed by atoms with E-state index in [0.29, 0.717) is 36.1 Å². The molecule has 3 aliphatic rings. The van der Waals surface area contributed by atoms with Crippen molar-refractivity contribution in [2.45, 2.75) is 76.6 Å². The second kappa shape index (κ2) is 10.6. The van der Waals surface area contributed by atoms with Crippen molar-refractivity contribution in [3.05, 3.63) is 41.9 Å². The van der Waals surface area contributed by atoms with Gasteiger partial charge in [-0.1, -0.05) is 12.8 Å². The van der Waals surface area contributed by atoms with E-state index in [0.717, 1.165) is 43.1 Å². The van der Waals surface area contributed by atoms with E-state index in [1.54, 1.807) is 48.4 Å². The van der Waals surface area contributed by atoms with Gasteiger partial charge in [0.2, 0.25) is 5.95 Å². The summed E-state index contributed by atoms with van der Waals surface area (Å²) in [6.07, 6.45) is 7.99. The maximum atomic E-state index is 13.3. The Morgan fingerprint density at radius 3 is 2.31 bits per heavy atom. The zero-order valence-corrected chi connectivity index (χ0v) is 24.8. The van der Waals surface area contributed by atoms with Crippen LogP contribution >= 0.6 is 0 Å². The van der Waals surface area contributed by atoms with Gasteiger partial charge in [0, 0.05) is 51.0 Å². The number of carbonyl (C=O) groups excluding carboxylic acids is 3. The Hall–Kier alpha value is -4.22. The van der Waals surface area contributed by atoms with Crippen molar-refractivity contribution in [1.82, 2.24) is 34.2 Å². The van der Waals surface area contributed by atoms with Crippen LogP contribution in [-0.2, 0) is 4.74 Å². The molecule has 3 aromatic heterocycles. The van der Waals surface area contributed by atoms with Crippen LogP contribution in [0.3, 0.4) is 0 Å². The van der Waals surface area contributed by atoms with Gasteiger partial charge in [0.05, 0.1) is 17.6 Å². The Morgan fingerprint density at radius 1 is 0.976 bits per heavy atom. The Balaban J connectivity index is 1.15. The summed E-state index contributed by atoms with van der Waals surface area (Å²) in [5.74, 6) is 0.721. The molecule has 5 heterocycles. The maximum Gasteiger partial charge on any atom is 0.410 e. The summed E-state index contributed by atoms with van der Waals surface area (Å²) in [4.78, 5) is 57.7. The van der Waals surface area contributed by atoms with Gasteiger partial charge in [-0.05, 0) is 58.2 Å². The minimum absolute atomic E-state index is 0.0340. The number of anilines is 2. The first-order chi connectivity index (χ1) is 20.0. The number of likely N-dealkylation sites (tertiary alicyclic amines) is 2. The molecule has 12 nitrogen and oxygen atoms in total. The molecule has 42 heavy (non-hydrogen) atoms. The van der Waals surface area contributed by atoms with Gasteiger partial charge in [-0.3, -0.25) is 9.59 Å². The van der Waals surface area contributed by atoms with E-state index in [1.165, 1.54) is 0 Å². The highest BCUT2D eigenvalue weighted by Crippen LogP contribution is 2.35. The van der Waals surface area contributed by atoms with E-state index in [4.69, 9.17) is 9.72 Å². The van der Waals surface area contributed by atoms with E-state index < -0.39 is 5.60 Å². The van der Waals surface area contributed by atoms with Crippen molar-refractivity contribution in [3.8, 4) is 0 Å². The predicted octanol–water partition coefficient (Wildman–Crippen LogP) is 4.22. The average molecular weight is 575 g/mol. The van der Waals surface area contributed by atoms with Gasteiger partial charge in [-0.15, -0.1) is 0 Å². The van der Waals surface area contributed by atoms with Gasteiger partial charge >= 0.3 is 6.09 Å². The molecule has 1 aliphatic carbocycles. The lowest BCUT2D eigenvalue weighted by Gasteiger charge is -2.35. The SMILES string of the molecule is CN(C)C(=O)c1cc2cnc(Nc3ccc(C(=O)N4CC5C[C@@H]4CN5C(=O)OC(C)(C)C)cn3)nc2n1C1CCCC1. The summed E-state index contributed by atoms with van der Waals surface area (Å²) in [7, 11) is 3.51. The third-order valence-electron chi connectivity index (χ3n) is 8.27. The number of hydrogen-bond donors (Lipinski definition) is 1. The average Bonchev–Trinajstić information content (AvgIpc) is 3.74. The Kier molecular flexibility index (Phi) is 7.02. The summed E-state index contributed by atoms with van der Waals surface area (Å²) in [6.45, 7) is 6.51. The smallest absolute Gasteiger partial charge is 0.410 e. The highest BCUT2D eigenvalue weighted by atomic mass is 16.6. The lowest BCUT2D eigenvalue weighted by atomic mass is 10.2. The lowest BCUT2D eigenvalue weighted by Crippen LogP contribution is -2.51. The van der Waals surface area contributed by atoms with Gasteiger partial charge in [0.25, 0.3) is 11.8 Å². The molecule has 2 atom stereocenters. The molecule has 12 heteroatoms. The summed E-state index contributed by atoms with van der Waals surface area (Å²) < 4.78 is 7.60. The van der Waals surface area contributed by atoms with E-state index in [2.05, 4.69) is 19.9 Å². The lowest BCUT2D eigenvalue weighted by molar-refractivity contribution is 0.0126. The normalized spacial score (nSPS) is 20.4. The summed E-state index contributed by atoms with van der Waals surface area (Å²) in [6, 6.07) is 5.50. The molecule has 0 radical (unpaired) electrons. The zero-order valence-electron chi connectivity index (χ0n) is 24.8. The van der Waals surface area contributed by atoms with E-state index in [9.17, 15) is 14.4 Å². The number of aromatic nitrogens is 4. The molecular weight excluding hydrogens is 536 g/mol. The fourth-order valence-corrected chi connectivity index (χ4v) is 6.33. The first kappa shape index (κ1) is 27.9. The largest absolute Gasteiger partial charge is 0.444 e. The summed E-state index contributed by atoms with van der Waals surface area (Å²) in [5, 5.41) is 3.97. The standard InChI is InChI=1S/C30H38N8O4/c1-30(2,3)42-29(41)37-17-21-13-22(37)16-36(21)26(39)18-10-11-24(31-14-18)33-28-32-15-19-12-23(27(40)35(4)5)38(25(19)34-28)20-8-6-7-9-20/h10-12,14-15,20-22H,6-9,13,16-17H2,1-5H3,(H,31,32,33,34)/t21-,22?/m1/s1. The van der Waals surface area contributed by atoms with Gasteiger partial charge < -0.3 is 29.3 Å². The summed E-state index contributed by atoms with van der Waals surface area (Å²) in [5.41, 5.74) is 1.27. The van der Waals surface area contributed by atoms with Crippen LogP contribution in [0.4, 0.5) is 16.6 Å². The number of fused-ring (bicyclic) bond motifs is 3. The number of nitrogens with zero attached hydrogens (tertiary/aromatic N) is 7. The van der Waals surface area contributed by atoms with Crippen LogP contribution in [0.2, 0.25) is 0 Å². The Morgan fingerprint density at radius 2 is 1.69 bits per heavy atom. The van der Waals surface area contributed by atoms with Crippen LogP contribution in [-0.4, -0.2) is 97.0 Å². The van der Waals surface area contributed by atoms with Crippen molar-refractivity contribution >= 4 is 40.7 Å². The van der Waals surface area contributed by atoms with E-state index >= 15 is 0 Å². The van der Waals surface area contributed by atoms with Crippen LogP contribution in [0.1, 0.15) is 79.8 Å². The van der Waals surface area contributed by atoms with Crippen molar-refractivity contribution in [2.75, 3.05) is 32.5 Å². The molecule has 1 saturated carbocycles. The summed E-state index contributed by atoms with van der Waals surface area (Å²) >= 11 is 0. The van der Waals surface area contributed by atoms with Crippen LogP contribution in [0.25, 0.3) is 11.0 Å². The molecule has 222 valence electrons. The third kappa shape index (κ3) is 5.25. The first-order valence-electron chi connectivity index (χ1n) is 14.6. The minimum Gasteiger partial charge on any atom is -0.444 e. The molecule has 2 saturated heterocycles. The quantitative estimate of drug-likeness (QED) is 0.480. The van der Waals surface area contributed by atoms with E-state index in [-0.39, 0.29) is 36.0 Å². The van der Waals surface area contributed by atoms with Crippen molar-refractivity contribution in [3.63, 3.8) is 0 Å². The van der Waals surface area contributed by atoms with Gasteiger partial charge in [-0.25, -0.2) is 14.8 Å². The van der Waals surface area contributed by atoms with Crippen LogP contribution < -0.4 is 5.32 Å². The maximum absolute atomic E-state index is 13.3. The zero-order chi connectivity index (χ0) is 29.8. The van der Waals surface area contributed by atoms with Gasteiger partial charge in [0.15, 0.2) is 0 Å². The number of nitrogens with one attached hydrogen (secondary N) is 1. The Bertz CT molecular complexity index is 1520. The van der Waals surface area contributed by atoms with Gasteiger partial charge in [-0.2, -0.15) is 4.98 Å². The molecule has 0 aromatic carbocycles. The highest BCUT2D eigenvalue weighted by molar-refractivity contribution is 5.98. The number of amides is 3. The predicted molar refractivity (Wildman–Crippen MR) is 157 cm³/mol. The highest BCUT2D eigenvalue weighted by Gasteiger charge is 2.48.